The van der Waals surface area contributed by atoms with Gasteiger partial charge in [-0.15, -0.1) is 0 Å². The van der Waals surface area contributed by atoms with Gasteiger partial charge in [-0.25, -0.2) is 26.6 Å². The van der Waals surface area contributed by atoms with Gasteiger partial charge in [-0.05, 0) is 49.7 Å². The van der Waals surface area contributed by atoms with Crippen molar-refractivity contribution in [2.75, 3.05) is 6.26 Å². The zero-order valence-corrected chi connectivity index (χ0v) is 22.4. The standard InChI is InChI=1S/C25H22ClF2N3O7S/c1-25(2,35)23(33)30-18-7-4-14(10-19(18)31(24(30)34)39(3,36)37)12-29-9-8-20(21(26)22(29)32)38-13-15-5-6-16(27)11-17(15)28/h4-11,35H,12-13H2,1-3H3. The summed E-state index contributed by atoms with van der Waals surface area (Å²) in [6.45, 7) is 1.91. The quantitative estimate of drug-likeness (QED) is 0.355. The van der Waals surface area contributed by atoms with Crippen LogP contribution in [0.1, 0.15) is 29.8 Å². The minimum absolute atomic E-state index is 0.0368. The highest BCUT2D eigenvalue weighted by molar-refractivity contribution is 7.89. The third-order valence-electron chi connectivity index (χ3n) is 5.74. The summed E-state index contributed by atoms with van der Waals surface area (Å²) in [4.78, 5) is 38.5. The number of aliphatic hydroxyl groups is 1. The number of fused-ring (bicyclic) bond motifs is 1. The second-order valence-electron chi connectivity index (χ2n) is 9.28. The molecule has 0 unspecified atom stereocenters. The summed E-state index contributed by atoms with van der Waals surface area (Å²) in [5.41, 5.74) is -3.55. The molecule has 14 heteroatoms. The van der Waals surface area contributed by atoms with Gasteiger partial charge in [-0.1, -0.05) is 17.7 Å². The molecule has 2 aromatic carbocycles. The van der Waals surface area contributed by atoms with Crippen LogP contribution in [0.15, 0.2) is 58.3 Å². The minimum Gasteiger partial charge on any atom is -0.487 e. The summed E-state index contributed by atoms with van der Waals surface area (Å²) in [7, 11) is -4.17. The molecule has 10 nitrogen and oxygen atoms in total. The Labute approximate surface area is 225 Å². The SMILES string of the molecule is CC(C)(O)C(=O)n1c(=O)n(S(C)(=O)=O)c2cc(Cn3ccc(OCc4ccc(F)cc4F)c(Cl)c3=O)ccc21. The van der Waals surface area contributed by atoms with Crippen molar-refractivity contribution in [2.45, 2.75) is 32.6 Å². The highest BCUT2D eigenvalue weighted by atomic mass is 35.5. The minimum atomic E-state index is -4.17. The fourth-order valence-electron chi connectivity index (χ4n) is 3.86. The summed E-state index contributed by atoms with van der Waals surface area (Å²) in [6, 6.07) is 8.48. The normalized spacial score (nSPS) is 12.2. The van der Waals surface area contributed by atoms with Crippen LogP contribution in [0.4, 0.5) is 8.78 Å². The first-order chi connectivity index (χ1) is 18.1. The number of hydrogen-bond acceptors (Lipinski definition) is 7. The van der Waals surface area contributed by atoms with Crippen molar-refractivity contribution in [1.82, 2.24) is 13.1 Å². The number of ether oxygens (including phenoxy) is 1. The Morgan fingerprint density at radius 2 is 1.77 bits per heavy atom. The smallest absolute Gasteiger partial charge is 0.349 e. The van der Waals surface area contributed by atoms with Gasteiger partial charge in [0.2, 0.25) is 10.0 Å². The molecular formula is C25H22ClF2N3O7S. The molecule has 0 aliphatic carbocycles. The Bertz CT molecular complexity index is 1850. The first kappa shape index (κ1) is 28.2. The average Bonchev–Trinajstić information content (AvgIpc) is 3.12. The number of carbonyl (C=O) groups is 1. The Morgan fingerprint density at radius 1 is 1.08 bits per heavy atom. The number of aromatic nitrogens is 3. The molecular weight excluding hydrogens is 560 g/mol. The van der Waals surface area contributed by atoms with Gasteiger partial charge >= 0.3 is 5.69 Å². The number of halogens is 3. The highest BCUT2D eigenvalue weighted by Gasteiger charge is 2.32. The van der Waals surface area contributed by atoms with Crippen LogP contribution in [-0.2, 0) is 23.2 Å². The van der Waals surface area contributed by atoms with Crippen LogP contribution in [0.5, 0.6) is 5.75 Å². The van der Waals surface area contributed by atoms with Crippen LogP contribution in [0, 0.1) is 11.6 Å². The van der Waals surface area contributed by atoms with Crippen molar-refractivity contribution < 1.29 is 31.8 Å². The van der Waals surface area contributed by atoms with Gasteiger partial charge in [0.05, 0.1) is 23.8 Å². The molecule has 2 aromatic heterocycles. The Hall–Kier alpha value is -3.81. The van der Waals surface area contributed by atoms with E-state index in [1.165, 1.54) is 54.9 Å². The maximum atomic E-state index is 13.9. The number of imidazole rings is 1. The van der Waals surface area contributed by atoms with E-state index in [0.717, 1.165) is 12.3 Å². The number of rotatable bonds is 7. The van der Waals surface area contributed by atoms with E-state index >= 15 is 0 Å². The lowest BCUT2D eigenvalue weighted by Crippen LogP contribution is -2.42. The molecule has 0 radical (unpaired) electrons. The van der Waals surface area contributed by atoms with Crippen molar-refractivity contribution >= 4 is 38.6 Å². The second-order valence-corrected chi connectivity index (χ2v) is 11.5. The van der Waals surface area contributed by atoms with Crippen molar-refractivity contribution in [3.05, 3.63) is 97.3 Å². The van der Waals surface area contributed by atoms with E-state index in [2.05, 4.69) is 0 Å². The topological polar surface area (TPSA) is 130 Å². The summed E-state index contributed by atoms with van der Waals surface area (Å²) in [5.74, 6) is -2.62. The zero-order valence-electron chi connectivity index (χ0n) is 20.8. The molecule has 0 atom stereocenters. The molecule has 0 fully saturated rings. The van der Waals surface area contributed by atoms with E-state index < -0.39 is 44.4 Å². The summed E-state index contributed by atoms with van der Waals surface area (Å²) >= 11 is 6.18. The molecule has 0 saturated carbocycles. The van der Waals surface area contributed by atoms with Crippen molar-refractivity contribution in [3.8, 4) is 5.75 Å². The van der Waals surface area contributed by atoms with Crippen LogP contribution in [-0.4, -0.2) is 44.4 Å². The van der Waals surface area contributed by atoms with E-state index in [1.807, 2.05) is 0 Å². The van der Waals surface area contributed by atoms with E-state index in [1.54, 1.807) is 0 Å². The van der Waals surface area contributed by atoms with Gasteiger partial charge in [0.1, 0.15) is 34.6 Å². The van der Waals surface area contributed by atoms with Crippen LogP contribution in [0.25, 0.3) is 11.0 Å². The van der Waals surface area contributed by atoms with Crippen LogP contribution in [0.3, 0.4) is 0 Å². The maximum Gasteiger partial charge on any atom is 0.349 e. The first-order valence-corrected chi connectivity index (χ1v) is 13.5. The number of hydrogen-bond donors (Lipinski definition) is 1. The Balaban J connectivity index is 1.69. The third-order valence-corrected chi connectivity index (χ3v) is 7.11. The monoisotopic (exact) mass is 581 g/mol. The molecule has 4 rings (SSSR count). The number of nitrogens with zero attached hydrogens (tertiary/aromatic N) is 3. The fraction of sp³-hybridized carbons (Fsp3) is 0.240. The molecule has 0 amide bonds. The van der Waals surface area contributed by atoms with E-state index in [9.17, 15) is 36.7 Å². The molecule has 0 saturated heterocycles. The van der Waals surface area contributed by atoms with Crippen molar-refractivity contribution in [1.29, 1.82) is 0 Å². The lowest BCUT2D eigenvalue weighted by atomic mass is 10.1. The molecule has 4 aromatic rings. The summed E-state index contributed by atoms with van der Waals surface area (Å²) in [6.07, 6.45) is 2.14. The lowest BCUT2D eigenvalue weighted by molar-refractivity contribution is 0.0393. The van der Waals surface area contributed by atoms with Crippen molar-refractivity contribution in [3.63, 3.8) is 0 Å². The van der Waals surface area contributed by atoms with E-state index in [-0.39, 0.29) is 40.5 Å². The Kier molecular flexibility index (Phi) is 7.27. The molecule has 0 spiro atoms. The molecule has 206 valence electrons. The highest BCUT2D eigenvalue weighted by Crippen LogP contribution is 2.23. The van der Waals surface area contributed by atoms with Gasteiger partial charge in [0, 0.05) is 17.8 Å². The number of pyridine rings is 1. The predicted octanol–water partition coefficient (Wildman–Crippen LogP) is 2.74. The van der Waals surface area contributed by atoms with E-state index in [0.29, 0.717) is 20.2 Å². The first-order valence-electron chi connectivity index (χ1n) is 11.3. The van der Waals surface area contributed by atoms with Crippen LogP contribution >= 0.6 is 11.6 Å². The average molecular weight is 582 g/mol. The molecule has 0 aliphatic rings. The van der Waals surface area contributed by atoms with Gasteiger partial charge in [0.25, 0.3) is 11.5 Å². The zero-order chi connectivity index (χ0) is 28.9. The Morgan fingerprint density at radius 3 is 2.38 bits per heavy atom. The molecule has 0 bridgehead atoms. The predicted molar refractivity (Wildman–Crippen MR) is 139 cm³/mol. The molecule has 1 N–H and O–H groups in total. The maximum absolute atomic E-state index is 13.9. The van der Waals surface area contributed by atoms with Crippen LogP contribution in [0.2, 0.25) is 5.02 Å². The second kappa shape index (κ2) is 10.1. The largest absolute Gasteiger partial charge is 0.487 e. The summed E-state index contributed by atoms with van der Waals surface area (Å²) in [5, 5.41) is 9.82. The van der Waals surface area contributed by atoms with Gasteiger partial charge in [-0.3, -0.25) is 9.59 Å². The van der Waals surface area contributed by atoms with Gasteiger partial charge < -0.3 is 14.4 Å². The molecule has 2 heterocycles. The third kappa shape index (κ3) is 5.51. The van der Waals surface area contributed by atoms with Crippen molar-refractivity contribution in [2.24, 2.45) is 0 Å². The summed E-state index contributed by atoms with van der Waals surface area (Å²) < 4.78 is 59.4. The number of carbonyl (C=O) groups excluding carboxylic acids is 1. The number of benzene rings is 2. The molecule has 39 heavy (non-hydrogen) atoms. The van der Waals surface area contributed by atoms with Gasteiger partial charge in [-0.2, -0.15) is 3.97 Å². The molecule has 0 aliphatic heterocycles. The fourth-order valence-corrected chi connectivity index (χ4v) is 4.96. The lowest BCUT2D eigenvalue weighted by Gasteiger charge is -2.15. The van der Waals surface area contributed by atoms with Crippen LogP contribution < -0.4 is 16.0 Å². The van der Waals surface area contributed by atoms with Gasteiger partial charge in [0.15, 0.2) is 0 Å². The van der Waals surface area contributed by atoms with E-state index in [4.69, 9.17) is 16.3 Å².